The average Bonchev–Trinajstić information content (AvgIpc) is 3.22. The van der Waals surface area contributed by atoms with E-state index in [-0.39, 0.29) is 11.5 Å². The number of carbonyl (C=O) groups is 1. The number of halogens is 1. The molecule has 0 fully saturated rings. The van der Waals surface area contributed by atoms with Crippen LogP contribution in [0.3, 0.4) is 0 Å². The number of nitrogens with zero attached hydrogens (tertiary/aromatic N) is 3. The highest BCUT2D eigenvalue weighted by molar-refractivity contribution is 9.10. The van der Waals surface area contributed by atoms with Gasteiger partial charge in [-0.1, -0.05) is 58.0 Å². The number of methoxy groups -OCH3 is 1. The van der Waals surface area contributed by atoms with Gasteiger partial charge in [0.1, 0.15) is 5.75 Å². The molecule has 0 aliphatic rings. The molecule has 0 amide bonds. The third-order valence-corrected chi connectivity index (χ3v) is 5.95. The molecule has 30 heavy (non-hydrogen) atoms. The third kappa shape index (κ3) is 4.47. The van der Waals surface area contributed by atoms with Gasteiger partial charge in [0, 0.05) is 21.3 Å². The van der Waals surface area contributed by atoms with E-state index < -0.39 is 0 Å². The fourth-order valence-corrected chi connectivity index (χ4v) is 4.06. The number of Topliss-reactive ketones (excluding diaryl/α,β-unsaturated/α-hetero) is 1. The van der Waals surface area contributed by atoms with Crippen molar-refractivity contribution < 1.29 is 9.53 Å². The van der Waals surface area contributed by atoms with Gasteiger partial charge in [-0.15, -0.1) is 10.2 Å². The Morgan fingerprint density at radius 2 is 1.67 bits per heavy atom. The lowest BCUT2D eigenvalue weighted by Crippen LogP contribution is -2.05. The first-order chi connectivity index (χ1) is 14.7. The lowest BCUT2D eigenvalue weighted by molar-refractivity contribution is 0.102. The summed E-state index contributed by atoms with van der Waals surface area (Å²) in [5.41, 5.74) is 2.53. The van der Waals surface area contributed by atoms with Gasteiger partial charge >= 0.3 is 0 Å². The van der Waals surface area contributed by atoms with Crippen LogP contribution in [0.1, 0.15) is 10.4 Å². The summed E-state index contributed by atoms with van der Waals surface area (Å²) >= 11 is 4.85. The molecule has 0 aliphatic carbocycles. The summed E-state index contributed by atoms with van der Waals surface area (Å²) in [6, 6.07) is 25.0. The van der Waals surface area contributed by atoms with E-state index >= 15 is 0 Å². The third-order valence-electron chi connectivity index (χ3n) is 4.49. The number of rotatable bonds is 7. The molecule has 1 aromatic heterocycles. The molecule has 0 atom stereocenters. The topological polar surface area (TPSA) is 57.0 Å². The van der Waals surface area contributed by atoms with Gasteiger partial charge in [-0.3, -0.25) is 9.36 Å². The van der Waals surface area contributed by atoms with Gasteiger partial charge in [-0.2, -0.15) is 0 Å². The summed E-state index contributed by atoms with van der Waals surface area (Å²) in [6.45, 7) is 0. The second-order valence-corrected chi connectivity index (χ2v) is 8.28. The van der Waals surface area contributed by atoms with E-state index in [2.05, 4.69) is 26.1 Å². The van der Waals surface area contributed by atoms with Gasteiger partial charge in [0.05, 0.1) is 12.9 Å². The Morgan fingerprint density at radius 1 is 0.967 bits per heavy atom. The fraction of sp³-hybridized carbons (Fsp3) is 0.0870. The molecule has 0 aliphatic heterocycles. The van der Waals surface area contributed by atoms with E-state index in [4.69, 9.17) is 4.74 Å². The molecule has 1 heterocycles. The Kier molecular flexibility index (Phi) is 6.30. The van der Waals surface area contributed by atoms with Crippen LogP contribution in [0.2, 0.25) is 0 Å². The molecular formula is C23H18BrN3O2S. The van der Waals surface area contributed by atoms with Crippen molar-refractivity contribution in [1.82, 2.24) is 14.8 Å². The Bertz CT molecular complexity index is 1140. The van der Waals surface area contributed by atoms with Crippen molar-refractivity contribution in [2.75, 3.05) is 12.9 Å². The molecule has 0 saturated heterocycles. The van der Waals surface area contributed by atoms with E-state index in [9.17, 15) is 4.79 Å². The van der Waals surface area contributed by atoms with Crippen molar-refractivity contribution in [3.8, 4) is 22.8 Å². The predicted molar refractivity (Wildman–Crippen MR) is 123 cm³/mol. The summed E-state index contributed by atoms with van der Waals surface area (Å²) in [7, 11) is 1.60. The van der Waals surface area contributed by atoms with Crippen LogP contribution in [0.5, 0.6) is 5.75 Å². The first-order valence-corrected chi connectivity index (χ1v) is 11.0. The Labute approximate surface area is 187 Å². The molecule has 0 radical (unpaired) electrons. The highest BCUT2D eigenvalue weighted by Gasteiger charge is 2.17. The van der Waals surface area contributed by atoms with Gasteiger partial charge in [0.25, 0.3) is 0 Å². The standard InChI is InChI=1S/C23H18BrN3O2S/c1-29-20-13-7-16(8-14-20)21(28)15-30-23-26-25-22(17-5-3-2-4-6-17)27(23)19-11-9-18(24)10-12-19/h2-14H,15H2,1H3. The number of ketones is 1. The monoisotopic (exact) mass is 479 g/mol. The van der Waals surface area contributed by atoms with Crippen LogP contribution >= 0.6 is 27.7 Å². The van der Waals surface area contributed by atoms with E-state index in [1.165, 1.54) is 11.8 Å². The minimum Gasteiger partial charge on any atom is -0.497 e. The lowest BCUT2D eigenvalue weighted by Gasteiger charge is -2.10. The van der Waals surface area contributed by atoms with Crippen molar-refractivity contribution in [3.05, 3.63) is 88.9 Å². The number of hydrogen-bond donors (Lipinski definition) is 0. The Balaban J connectivity index is 1.63. The van der Waals surface area contributed by atoms with Crippen LogP contribution in [0.15, 0.2) is 88.5 Å². The maximum absolute atomic E-state index is 12.7. The molecule has 0 N–H and O–H groups in total. The van der Waals surface area contributed by atoms with Crippen molar-refractivity contribution in [1.29, 1.82) is 0 Å². The van der Waals surface area contributed by atoms with Crippen LogP contribution in [0.4, 0.5) is 0 Å². The van der Waals surface area contributed by atoms with Crippen molar-refractivity contribution in [2.24, 2.45) is 0 Å². The smallest absolute Gasteiger partial charge is 0.196 e. The van der Waals surface area contributed by atoms with Gasteiger partial charge < -0.3 is 4.74 Å². The zero-order valence-electron chi connectivity index (χ0n) is 16.2. The number of carbonyl (C=O) groups excluding carboxylic acids is 1. The summed E-state index contributed by atoms with van der Waals surface area (Å²) in [5, 5.41) is 9.45. The van der Waals surface area contributed by atoms with E-state index in [1.54, 1.807) is 31.4 Å². The van der Waals surface area contributed by atoms with Crippen LogP contribution in [0.25, 0.3) is 17.1 Å². The number of hydrogen-bond acceptors (Lipinski definition) is 5. The van der Waals surface area contributed by atoms with Crippen LogP contribution < -0.4 is 4.74 Å². The highest BCUT2D eigenvalue weighted by atomic mass is 79.9. The summed E-state index contributed by atoms with van der Waals surface area (Å²) in [4.78, 5) is 12.7. The highest BCUT2D eigenvalue weighted by Crippen LogP contribution is 2.29. The van der Waals surface area contributed by atoms with Gasteiger partial charge in [-0.25, -0.2) is 0 Å². The van der Waals surface area contributed by atoms with Crippen LogP contribution in [0, 0.1) is 0 Å². The molecule has 0 unspecified atom stereocenters. The second kappa shape index (κ2) is 9.28. The van der Waals surface area contributed by atoms with E-state index in [1.807, 2.05) is 59.2 Å². The molecule has 5 nitrogen and oxygen atoms in total. The summed E-state index contributed by atoms with van der Waals surface area (Å²) in [5.74, 6) is 1.74. The number of benzene rings is 3. The maximum atomic E-state index is 12.7. The average molecular weight is 480 g/mol. The first kappa shape index (κ1) is 20.4. The quantitative estimate of drug-likeness (QED) is 0.252. The van der Waals surface area contributed by atoms with E-state index in [0.717, 1.165) is 27.3 Å². The number of thioether (sulfide) groups is 1. The zero-order valence-corrected chi connectivity index (χ0v) is 18.6. The predicted octanol–water partition coefficient (Wildman–Crippen LogP) is 5.68. The maximum Gasteiger partial charge on any atom is 0.196 e. The van der Waals surface area contributed by atoms with Crippen molar-refractivity contribution >= 4 is 33.5 Å². The molecule has 4 rings (SSSR count). The van der Waals surface area contributed by atoms with Crippen LogP contribution in [-0.2, 0) is 0 Å². The molecule has 0 spiro atoms. The van der Waals surface area contributed by atoms with Gasteiger partial charge in [0.15, 0.2) is 16.8 Å². The van der Waals surface area contributed by atoms with Crippen molar-refractivity contribution in [3.63, 3.8) is 0 Å². The molecular weight excluding hydrogens is 462 g/mol. The number of ether oxygens (including phenoxy) is 1. The fourth-order valence-electron chi connectivity index (χ4n) is 2.95. The molecule has 0 bridgehead atoms. The SMILES string of the molecule is COc1ccc(C(=O)CSc2nnc(-c3ccccc3)n2-c2ccc(Br)cc2)cc1. The largest absolute Gasteiger partial charge is 0.497 e. The minimum atomic E-state index is 0.0225. The molecule has 0 saturated carbocycles. The zero-order chi connectivity index (χ0) is 20.9. The molecule has 3 aromatic carbocycles. The summed E-state index contributed by atoms with van der Waals surface area (Å²) < 4.78 is 8.12. The number of aromatic nitrogens is 3. The van der Waals surface area contributed by atoms with Gasteiger partial charge in [0.2, 0.25) is 0 Å². The Hall–Kier alpha value is -2.90. The van der Waals surface area contributed by atoms with Crippen molar-refractivity contribution in [2.45, 2.75) is 5.16 Å². The molecule has 7 heteroatoms. The normalized spacial score (nSPS) is 10.7. The summed E-state index contributed by atoms with van der Waals surface area (Å²) in [6.07, 6.45) is 0. The van der Waals surface area contributed by atoms with Crippen LogP contribution in [-0.4, -0.2) is 33.4 Å². The lowest BCUT2D eigenvalue weighted by atomic mass is 10.1. The second-order valence-electron chi connectivity index (χ2n) is 6.42. The minimum absolute atomic E-state index is 0.0225. The van der Waals surface area contributed by atoms with Gasteiger partial charge in [-0.05, 0) is 48.5 Å². The first-order valence-electron chi connectivity index (χ1n) is 9.22. The molecule has 150 valence electrons. The van der Waals surface area contributed by atoms with E-state index in [0.29, 0.717) is 10.7 Å². The molecule has 4 aromatic rings. The Morgan fingerprint density at radius 3 is 2.33 bits per heavy atom.